The van der Waals surface area contributed by atoms with Crippen LogP contribution in [-0.4, -0.2) is 28.8 Å². The monoisotopic (exact) mass is 362 g/mol. The van der Waals surface area contributed by atoms with E-state index in [4.69, 9.17) is 0 Å². The van der Waals surface area contributed by atoms with Crippen LogP contribution >= 0.6 is 0 Å². The summed E-state index contributed by atoms with van der Waals surface area (Å²) in [6, 6.07) is 4.81. The lowest BCUT2D eigenvalue weighted by Gasteiger charge is -2.33. The van der Waals surface area contributed by atoms with Gasteiger partial charge in [-0.3, -0.25) is 9.59 Å². The van der Waals surface area contributed by atoms with Gasteiger partial charge in [-0.1, -0.05) is 0 Å². The fourth-order valence-electron chi connectivity index (χ4n) is 3.15. The van der Waals surface area contributed by atoms with Crippen LogP contribution in [0.3, 0.4) is 0 Å². The minimum absolute atomic E-state index is 0.109. The summed E-state index contributed by atoms with van der Waals surface area (Å²) in [6.45, 7) is 1.44. The predicted molar refractivity (Wildman–Crippen MR) is 94.0 cm³/mol. The maximum Gasteiger partial charge on any atom is 0.268 e. The van der Waals surface area contributed by atoms with Crippen molar-refractivity contribution in [2.45, 2.75) is 19.3 Å². The fraction of sp³-hybridized carbons (Fsp3) is 0.389. The number of aromatic nitrogens is 2. The zero-order chi connectivity index (χ0) is 18.7. The summed E-state index contributed by atoms with van der Waals surface area (Å²) in [4.78, 5) is 26.0. The number of piperidine rings is 1. The Hall–Kier alpha value is -2.77. The highest BCUT2D eigenvalue weighted by Crippen LogP contribution is 2.24. The Bertz CT molecular complexity index is 869. The van der Waals surface area contributed by atoms with E-state index in [1.54, 1.807) is 13.2 Å². The van der Waals surface area contributed by atoms with Crippen LogP contribution in [0.1, 0.15) is 19.3 Å². The van der Waals surface area contributed by atoms with Crippen LogP contribution in [-0.2, 0) is 11.8 Å². The van der Waals surface area contributed by atoms with Crippen LogP contribution < -0.4 is 15.8 Å². The molecule has 1 atom stereocenters. The molecule has 138 valence electrons. The maximum absolute atomic E-state index is 13.2. The highest BCUT2D eigenvalue weighted by molar-refractivity contribution is 5.90. The topological polar surface area (TPSA) is 67.2 Å². The molecule has 2 heterocycles. The molecule has 1 aromatic carbocycles. The summed E-state index contributed by atoms with van der Waals surface area (Å²) in [7, 11) is 1.59. The van der Waals surface area contributed by atoms with E-state index < -0.39 is 11.6 Å². The average Bonchev–Trinajstić information content (AvgIpc) is 2.61. The number of nitrogens with zero attached hydrogens (tertiary/aromatic N) is 3. The van der Waals surface area contributed by atoms with Crippen molar-refractivity contribution in [3.8, 4) is 0 Å². The van der Waals surface area contributed by atoms with Gasteiger partial charge in [-0.2, -0.15) is 5.10 Å². The van der Waals surface area contributed by atoms with Crippen molar-refractivity contribution in [3.05, 3.63) is 52.5 Å². The maximum atomic E-state index is 13.2. The number of aryl methyl sites for hydroxylation is 1. The molecule has 1 amide bonds. The lowest BCUT2D eigenvalue weighted by Crippen LogP contribution is -2.38. The quantitative estimate of drug-likeness (QED) is 0.906. The first-order chi connectivity index (χ1) is 12.4. The molecule has 1 fully saturated rings. The van der Waals surface area contributed by atoms with Gasteiger partial charge in [-0.15, -0.1) is 0 Å². The van der Waals surface area contributed by atoms with E-state index >= 15 is 0 Å². The molecule has 1 saturated heterocycles. The molecular formula is C18H20F2N4O2. The highest BCUT2D eigenvalue weighted by Gasteiger charge is 2.23. The molecule has 0 bridgehead atoms. The van der Waals surface area contributed by atoms with Crippen molar-refractivity contribution in [2.24, 2.45) is 13.0 Å². The van der Waals surface area contributed by atoms with Gasteiger partial charge in [0.1, 0.15) is 0 Å². The first-order valence-corrected chi connectivity index (χ1v) is 8.45. The van der Waals surface area contributed by atoms with Crippen LogP contribution in [0, 0.1) is 17.6 Å². The molecule has 0 saturated carbocycles. The molecule has 0 spiro atoms. The van der Waals surface area contributed by atoms with Gasteiger partial charge in [-0.25, -0.2) is 13.5 Å². The van der Waals surface area contributed by atoms with Gasteiger partial charge in [0.15, 0.2) is 11.6 Å². The van der Waals surface area contributed by atoms with Crippen molar-refractivity contribution in [1.29, 1.82) is 0 Å². The van der Waals surface area contributed by atoms with Crippen LogP contribution in [0.2, 0.25) is 0 Å². The molecule has 1 aromatic heterocycles. The zero-order valence-electron chi connectivity index (χ0n) is 14.4. The van der Waals surface area contributed by atoms with Gasteiger partial charge in [0.2, 0.25) is 5.91 Å². The molecule has 1 N–H and O–H groups in total. The molecule has 1 unspecified atom stereocenters. The minimum atomic E-state index is -0.996. The molecule has 0 radical (unpaired) electrons. The van der Waals surface area contributed by atoms with E-state index in [-0.39, 0.29) is 29.5 Å². The summed E-state index contributed by atoms with van der Waals surface area (Å²) in [6.07, 6.45) is 3.71. The Balaban J connectivity index is 1.60. The molecule has 1 aliphatic rings. The molecule has 0 aliphatic carbocycles. The third-order valence-corrected chi connectivity index (χ3v) is 4.52. The van der Waals surface area contributed by atoms with E-state index in [9.17, 15) is 18.4 Å². The van der Waals surface area contributed by atoms with E-state index in [1.807, 2.05) is 4.90 Å². The Labute approximate surface area is 149 Å². The van der Waals surface area contributed by atoms with Crippen molar-refractivity contribution in [3.63, 3.8) is 0 Å². The third-order valence-electron chi connectivity index (χ3n) is 4.52. The number of halogens is 2. The zero-order valence-corrected chi connectivity index (χ0v) is 14.4. The number of nitrogens with one attached hydrogen (secondary N) is 1. The fourth-order valence-corrected chi connectivity index (χ4v) is 3.15. The Kier molecular flexibility index (Phi) is 5.29. The van der Waals surface area contributed by atoms with E-state index in [2.05, 4.69) is 10.4 Å². The van der Waals surface area contributed by atoms with Crippen LogP contribution in [0.15, 0.2) is 35.3 Å². The molecular weight excluding hydrogens is 342 g/mol. The molecule has 26 heavy (non-hydrogen) atoms. The Morgan fingerprint density at radius 2 is 2.12 bits per heavy atom. The van der Waals surface area contributed by atoms with E-state index in [0.717, 1.165) is 37.2 Å². The van der Waals surface area contributed by atoms with E-state index in [0.29, 0.717) is 6.54 Å². The number of benzene rings is 1. The second-order valence-electron chi connectivity index (χ2n) is 6.51. The van der Waals surface area contributed by atoms with Gasteiger partial charge in [0.05, 0.1) is 11.9 Å². The third kappa shape index (κ3) is 4.25. The molecule has 1 aliphatic heterocycles. The standard InChI is InChI=1S/C18H20F2N4O2/c1-23-18(26)9-14(10-21-23)24-6-2-3-12(11-24)7-17(25)22-13-4-5-15(19)16(20)8-13/h4-5,8-10,12H,2-3,6-7,11H2,1H3,(H,22,25). The first kappa shape index (κ1) is 18.0. The molecule has 3 rings (SSSR count). The van der Waals surface area contributed by atoms with Crippen LogP contribution in [0.5, 0.6) is 0 Å². The smallest absolute Gasteiger partial charge is 0.268 e. The highest BCUT2D eigenvalue weighted by atomic mass is 19.2. The van der Waals surface area contributed by atoms with Crippen molar-refractivity contribution >= 4 is 17.3 Å². The van der Waals surface area contributed by atoms with Crippen LogP contribution in [0.25, 0.3) is 0 Å². The lowest BCUT2D eigenvalue weighted by atomic mass is 9.94. The lowest BCUT2D eigenvalue weighted by molar-refractivity contribution is -0.117. The van der Waals surface area contributed by atoms with Gasteiger partial charge >= 0.3 is 0 Å². The van der Waals surface area contributed by atoms with E-state index in [1.165, 1.54) is 16.8 Å². The van der Waals surface area contributed by atoms with Crippen LogP contribution in [0.4, 0.5) is 20.2 Å². The van der Waals surface area contributed by atoms with Crippen molar-refractivity contribution < 1.29 is 13.6 Å². The second-order valence-corrected chi connectivity index (χ2v) is 6.51. The van der Waals surface area contributed by atoms with Crippen molar-refractivity contribution in [1.82, 2.24) is 9.78 Å². The normalized spacial score (nSPS) is 17.2. The summed E-state index contributed by atoms with van der Waals surface area (Å²) in [5.41, 5.74) is 0.803. The average molecular weight is 362 g/mol. The summed E-state index contributed by atoms with van der Waals surface area (Å²) >= 11 is 0. The summed E-state index contributed by atoms with van der Waals surface area (Å²) in [5, 5.41) is 6.63. The van der Waals surface area contributed by atoms with Crippen molar-refractivity contribution in [2.75, 3.05) is 23.3 Å². The van der Waals surface area contributed by atoms with Gasteiger partial charge < -0.3 is 10.2 Å². The number of carbonyl (C=O) groups excluding carboxylic acids is 1. The SMILES string of the molecule is Cn1ncc(N2CCCC(CC(=O)Nc3ccc(F)c(F)c3)C2)cc1=O. The van der Waals surface area contributed by atoms with Gasteiger partial charge in [0.25, 0.3) is 5.56 Å². The number of anilines is 2. The molecule has 8 heteroatoms. The second kappa shape index (κ2) is 7.63. The number of hydrogen-bond donors (Lipinski definition) is 1. The molecule has 6 nitrogen and oxygen atoms in total. The Morgan fingerprint density at radius 1 is 1.31 bits per heavy atom. The number of hydrogen-bond acceptors (Lipinski definition) is 4. The Morgan fingerprint density at radius 3 is 2.85 bits per heavy atom. The predicted octanol–water partition coefficient (Wildman–Crippen LogP) is 2.30. The number of amides is 1. The van der Waals surface area contributed by atoms with Gasteiger partial charge in [-0.05, 0) is 30.9 Å². The minimum Gasteiger partial charge on any atom is -0.370 e. The first-order valence-electron chi connectivity index (χ1n) is 8.45. The van der Waals surface area contributed by atoms with Gasteiger partial charge in [0, 0.05) is 44.4 Å². The number of carbonyl (C=O) groups is 1. The molecule has 2 aromatic rings. The largest absolute Gasteiger partial charge is 0.370 e. The summed E-state index contributed by atoms with van der Waals surface area (Å²) in [5.74, 6) is -2.08. The number of rotatable bonds is 4. The summed E-state index contributed by atoms with van der Waals surface area (Å²) < 4.78 is 27.4.